The number of aromatic amines is 1. The Hall–Kier alpha value is -0.940. The molecule has 0 aliphatic rings. The summed E-state index contributed by atoms with van der Waals surface area (Å²) in [5, 5.41) is 8.57. The van der Waals surface area contributed by atoms with Crippen molar-refractivity contribution in [1.29, 1.82) is 0 Å². The van der Waals surface area contributed by atoms with E-state index in [9.17, 15) is 0 Å². The smallest absolute Gasteiger partial charge is 0.133 e. The van der Waals surface area contributed by atoms with Crippen LogP contribution in [0.3, 0.4) is 0 Å². The molecule has 0 saturated heterocycles. The van der Waals surface area contributed by atoms with Gasteiger partial charge in [0.05, 0.1) is 15.3 Å². The van der Waals surface area contributed by atoms with Crippen LogP contribution in [0.2, 0.25) is 0 Å². The first-order valence-electron chi connectivity index (χ1n) is 3.36. The van der Waals surface area contributed by atoms with Crippen LogP contribution in [0.1, 0.15) is 0 Å². The average Bonchev–Trinajstić information content (AvgIpc) is 2.65. The van der Waals surface area contributed by atoms with Gasteiger partial charge in [-0.25, -0.2) is 0 Å². The van der Waals surface area contributed by atoms with Crippen molar-refractivity contribution >= 4 is 28.9 Å². The summed E-state index contributed by atoms with van der Waals surface area (Å²) < 4.78 is 1.23. The Labute approximate surface area is 78.0 Å². The standard InChI is InChI=1S/C7H7N3S2/c8-7-5(4-9-10-7)12-6-2-1-3-11-6/h1-4H,(H3,8,9,10). The molecule has 3 nitrogen and oxygen atoms in total. The summed E-state index contributed by atoms with van der Waals surface area (Å²) in [6.07, 6.45) is 1.74. The number of thiophene rings is 1. The molecule has 3 N–H and O–H groups in total. The molecule has 12 heavy (non-hydrogen) atoms. The van der Waals surface area contributed by atoms with Crippen LogP contribution in [0.4, 0.5) is 5.82 Å². The lowest BCUT2D eigenvalue weighted by Gasteiger charge is -1.93. The van der Waals surface area contributed by atoms with Gasteiger partial charge in [0.1, 0.15) is 5.82 Å². The molecule has 0 bridgehead atoms. The molecule has 2 aromatic heterocycles. The third kappa shape index (κ3) is 1.46. The Bertz CT molecular complexity index is 352. The van der Waals surface area contributed by atoms with Crippen LogP contribution in [0.15, 0.2) is 32.8 Å². The first-order valence-corrected chi connectivity index (χ1v) is 5.06. The second kappa shape index (κ2) is 3.20. The van der Waals surface area contributed by atoms with Gasteiger partial charge in [-0.15, -0.1) is 11.3 Å². The average molecular weight is 197 g/mol. The molecule has 0 unspecified atom stereocenters. The van der Waals surface area contributed by atoms with E-state index < -0.39 is 0 Å². The predicted octanol–water partition coefficient (Wildman–Crippen LogP) is 2.20. The molecule has 0 fully saturated rings. The van der Waals surface area contributed by atoms with Crippen LogP contribution in [0.5, 0.6) is 0 Å². The molecule has 2 rings (SSSR count). The zero-order chi connectivity index (χ0) is 8.39. The van der Waals surface area contributed by atoms with Crippen molar-refractivity contribution in [2.75, 3.05) is 5.73 Å². The van der Waals surface area contributed by atoms with Crippen molar-refractivity contribution in [3.05, 3.63) is 23.7 Å². The molecule has 0 aliphatic heterocycles. The van der Waals surface area contributed by atoms with Crippen molar-refractivity contribution in [1.82, 2.24) is 10.2 Å². The highest BCUT2D eigenvalue weighted by Gasteiger charge is 2.03. The quantitative estimate of drug-likeness (QED) is 0.776. The second-order valence-corrected chi connectivity index (χ2v) is 4.47. The highest BCUT2D eigenvalue weighted by atomic mass is 32.2. The first kappa shape index (κ1) is 7.70. The normalized spacial score (nSPS) is 10.3. The molecular weight excluding hydrogens is 190 g/mol. The van der Waals surface area contributed by atoms with Crippen LogP contribution < -0.4 is 5.73 Å². The fourth-order valence-corrected chi connectivity index (χ4v) is 2.50. The van der Waals surface area contributed by atoms with Crippen molar-refractivity contribution in [3.63, 3.8) is 0 Å². The number of nitrogens with one attached hydrogen (secondary N) is 1. The van der Waals surface area contributed by atoms with Gasteiger partial charge in [-0.2, -0.15) is 5.10 Å². The van der Waals surface area contributed by atoms with E-state index in [0.717, 1.165) is 4.90 Å². The number of rotatable bonds is 2. The molecule has 0 radical (unpaired) electrons. The molecule has 2 heterocycles. The second-order valence-electron chi connectivity index (χ2n) is 2.18. The van der Waals surface area contributed by atoms with Gasteiger partial charge < -0.3 is 5.73 Å². The maximum atomic E-state index is 5.62. The Kier molecular flexibility index (Phi) is 2.05. The number of nitrogens with zero attached hydrogens (tertiary/aromatic N) is 1. The summed E-state index contributed by atoms with van der Waals surface area (Å²) in [6, 6.07) is 4.07. The number of H-pyrrole nitrogens is 1. The highest BCUT2D eigenvalue weighted by molar-refractivity contribution is 8.01. The monoisotopic (exact) mass is 197 g/mol. The van der Waals surface area contributed by atoms with Gasteiger partial charge in [0.15, 0.2) is 0 Å². The fourth-order valence-electron chi connectivity index (χ4n) is 0.796. The lowest BCUT2D eigenvalue weighted by Crippen LogP contribution is -1.84. The van der Waals surface area contributed by atoms with Crippen molar-refractivity contribution < 1.29 is 0 Å². The zero-order valence-electron chi connectivity index (χ0n) is 6.15. The van der Waals surface area contributed by atoms with Gasteiger partial charge in [-0.1, -0.05) is 17.8 Å². The molecular formula is C7H7N3S2. The fraction of sp³-hybridized carbons (Fsp3) is 0. The van der Waals surface area contributed by atoms with Crippen LogP contribution in [-0.2, 0) is 0 Å². The number of hydrogen-bond donors (Lipinski definition) is 2. The summed E-state index contributed by atoms with van der Waals surface area (Å²) in [5.74, 6) is 0.633. The van der Waals surface area contributed by atoms with Gasteiger partial charge in [-0.3, -0.25) is 5.10 Å². The van der Waals surface area contributed by atoms with Gasteiger partial charge in [0, 0.05) is 0 Å². The maximum absolute atomic E-state index is 5.62. The predicted molar refractivity (Wildman–Crippen MR) is 51.4 cm³/mol. The molecule has 0 saturated carbocycles. The van der Waals surface area contributed by atoms with Gasteiger partial charge in [0.25, 0.3) is 0 Å². The Morgan fingerprint density at radius 2 is 2.50 bits per heavy atom. The van der Waals surface area contributed by atoms with E-state index in [0.29, 0.717) is 5.82 Å². The van der Waals surface area contributed by atoms with Gasteiger partial charge in [0.2, 0.25) is 0 Å². The summed E-state index contributed by atoms with van der Waals surface area (Å²) in [7, 11) is 0. The molecule has 0 aromatic carbocycles. The van der Waals surface area contributed by atoms with E-state index in [1.54, 1.807) is 29.3 Å². The summed E-state index contributed by atoms with van der Waals surface area (Å²) >= 11 is 3.32. The van der Waals surface area contributed by atoms with E-state index in [4.69, 9.17) is 5.73 Å². The molecule has 0 atom stereocenters. The molecule has 0 amide bonds. The van der Waals surface area contributed by atoms with E-state index in [1.165, 1.54) is 4.21 Å². The maximum Gasteiger partial charge on any atom is 0.133 e. The number of nitrogen functional groups attached to an aromatic ring is 1. The molecule has 2 aromatic rings. The Morgan fingerprint density at radius 3 is 3.08 bits per heavy atom. The largest absolute Gasteiger partial charge is 0.383 e. The van der Waals surface area contributed by atoms with E-state index >= 15 is 0 Å². The van der Waals surface area contributed by atoms with Gasteiger partial charge >= 0.3 is 0 Å². The topological polar surface area (TPSA) is 54.7 Å². The SMILES string of the molecule is Nc1[nH]ncc1Sc1cccs1. The van der Waals surface area contributed by atoms with Crippen molar-refractivity contribution in [2.45, 2.75) is 9.10 Å². The first-order chi connectivity index (χ1) is 5.86. The summed E-state index contributed by atoms with van der Waals surface area (Å²) in [4.78, 5) is 0.984. The van der Waals surface area contributed by atoms with E-state index in [1.807, 2.05) is 11.4 Å². The van der Waals surface area contributed by atoms with Crippen LogP contribution >= 0.6 is 23.1 Å². The Balaban J connectivity index is 2.20. The lowest BCUT2D eigenvalue weighted by molar-refractivity contribution is 1.10. The molecule has 0 spiro atoms. The lowest BCUT2D eigenvalue weighted by atomic mass is 10.7. The summed E-state index contributed by atoms with van der Waals surface area (Å²) in [5.41, 5.74) is 5.62. The highest BCUT2D eigenvalue weighted by Crippen LogP contribution is 2.33. The molecule has 0 aliphatic carbocycles. The molecule has 62 valence electrons. The molecule has 5 heteroatoms. The van der Waals surface area contributed by atoms with E-state index in [2.05, 4.69) is 16.3 Å². The minimum atomic E-state index is 0.633. The van der Waals surface area contributed by atoms with Crippen LogP contribution in [0.25, 0.3) is 0 Å². The number of hydrogen-bond acceptors (Lipinski definition) is 4. The number of nitrogens with two attached hydrogens (primary N) is 1. The minimum Gasteiger partial charge on any atom is -0.383 e. The third-order valence-electron chi connectivity index (χ3n) is 1.34. The van der Waals surface area contributed by atoms with Crippen LogP contribution in [-0.4, -0.2) is 10.2 Å². The zero-order valence-corrected chi connectivity index (χ0v) is 7.78. The third-order valence-corrected chi connectivity index (χ3v) is 3.42. The van der Waals surface area contributed by atoms with Crippen molar-refractivity contribution in [3.8, 4) is 0 Å². The minimum absolute atomic E-state index is 0.633. The van der Waals surface area contributed by atoms with Crippen LogP contribution in [0, 0.1) is 0 Å². The number of anilines is 1. The van der Waals surface area contributed by atoms with Gasteiger partial charge in [-0.05, 0) is 11.4 Å². The Morgan fingerprint density at radius 1 is 1.58 bits per heavy atom. The van der Waals surface area contributed by atoms with Crippen molar-refractivity contribution in [2.24, 2.45) is 0 Å². The van der Waals surface area contributed by atoms with E-state index in [-0.39, 0.29) is 0 Å². The number of aromatic nitrogens is 2. The summed E-state index contributed by atoms with van der Waals surface area (Å²) in [6.45, 7) is 0.